The molecule has 23 heavy (non-hydrogen) atoms. The maximum atomic E-state index is 11.7. The topological polar surface area (TPSA) is 37.3 Å². The van der Waals surface area contributed by atoms with Crippen molar-refractivity contribution in [1.82, 2.24) is 0 Å². The minimum atomic E-state index is -0.903. The van der Waals surface area contributed by atoms with Crippen molar-refractivity contribution in [2.75, 3.05) is 0 Å². The molecule has 2 heteroatoms. The normalized spacial score (nSPS) is 14.3. The Morgan fingerprint density at radius 2 is 1.48 bits per heavy atom. The SMILES string of the molecule is [CH2+]C(C)(c1ccc(C(C)(C)C)cc1)c1cccc(C)c1C(=O)O. The van der Waals surface area contributed by atoms with Gasteiger partial charge in [0.25, 0.3) is 0 Å². The number of carboxylic acid groups (broad SMARTS) is 1. The van der Waals surface area contributed by atoms with Gasteiger partial charge in [-0.05, 0) is 30.4 Å². The predicted molar refractivity (Wildman–Crippen MR) is 95.1 cm³/mol. The van der Waals surface area contributed by atoms with Gasteiger partial charge in [-0.3, -0.25) is 0 Å². The van der Waals surface area contributed by atoms with E-state index in [9.17, 15) is 9.90 Å². The summed E-state index contributed by atoms with van der Waals surface area (Å²) in [6.45, 7) is 14.6. The van der Waals surface area contributed by atoms with Crippen LogP contribution >= 0.6 is 0 Å². The largest absolute Gasteiger partial charge is 0.478 e. The molecule has 0 aliphatic heterocycles. The second kappa shape index (κ2) is 5.77. The summed E-state index contributed by atoms with van der Waals surface area (Å²) in [6, 6.07) is 13.9. The van der Waals surface area contributed by atoms with E-state index in [1.807, 2.05) is 32.0 Å². The van der Waals surface area contributed by atoms with Crippen molar-refractivity contribution in [3.05, 3.63) is 77.2 Å². The lowest BCUT2D eigenvalue weighted by Crippen LogP contribution is -2.24. The second-order valence-corrected chi connectivity index (χ2v) is 7.46. The summed E-state index contributed by atoms with van der Waals surface area (Å²) in [6.07, 6.45) is 0. The van der Waals surface area contributed by atoms with Crippen LogP contribution < -0.4 is 0 Å². The fraction of sp³-hybridized carbons (Fsp3) is 0.333. The van der Waals surface area contributed by atoms with Crippen LogP contribution in [0.3, 0.4) is 0 Å². The molecular weight excluding hydrogens is 284 g/mol. The molecule has 2 aromatic carbocycles. The Morgan fingerprint density at radius 1 is 0.957 bits per heavy atom. The lowest BCUT2D eigenvalue weighted by atomic mass is 9.74. The van der Waals surface area contributed by atoms with Crippen LogP contribution in [0.15, 0.2) is 42.5 Å². The fourth-order valence-electron chi connectivity index (χ4n) is 2.91. The van der Waals surface area contributed by atoms with Gasteiger partial charge in [-0.25, -0.2) is 4.79 Å². The number of benzene rings is 2. The lowest BCUT2D eigenvalue weighted by molar-refractivity contribution is 0.0694. The Bertz CT molecular complexity index is 716. The lowest BCUT2D eigenvalue weighted by Gasteiger charge is -2.24. The molecule has 0 radical (unpaired) electrons. The number of rotatable bonds is 3. The monoisotopic (exact) mass is 309 g/mol. The number of aromatic carboxylic acids is 1. The van der Waals surface area contributed by atoms with Crippen LogP contribution in [0, 0.1) is 13.8 Å². The van der Waals surface area contributed by atoms with Gasteiger partial charge in [-0.1, -0.05) is 63.2 Å². The van der Waals surface area contributed by atoms with E-state index in [2.05, 4.69) is 52.0 Å². The van der Waals surface area contributed by atoms with Crippen LogP contribution in [0.25, 0.3) is 0 Å². The van der Waals surface area contributed by atoms with Gasteiger partial charge in [0.2, 0.25) is 0 Å². The van der Waals surface area contributed by atoms with Crippen LogP contribution in [-0.2, 0) is 10.8 Å². The molecule has 1 N–H and O–H groups in total. The highest BCUT2D eigenvalue weighted by Crippen LogP contribution is 2.35. The molecule has 1 atom stereocenters. The summed E-state index contributed by atoms with van der Waals surface area (Å²) < 4.78 is 0. The third kappa shape index (κ3) is 3.26. The standard InChI is InChI=1S/C21H24O2/c1-14-8-7-9-17(18(14)19(22)23)21(5,6)16-12-10-15(11-13-16)20(2,3)4/h7-13H,5H2,1-4,6H3/p+1. The molecule has 0 aliphatic carbocycles. The Labute approximate surface area is 139 Å². The third-order valence-electron chi connectivity index (χ3n) is 4.47. The summed E-state index contributed by atoms with van der Waals surface area (Å²) in [5.41, 5.74) is 3.59. The van der Waals surface area contributed by atoms with Crippen molar-refractivity contribution in [3.8, 4) is 0 Å². The smallest absolute Gasteiger partial charge is 0.336 e. The zero-order chi connectivity index (χ0) is 17.4. The maximum Gasteiger partial charge on any atom is 0.336 e. The molecule has 2 nitrogen and oxygen atoms in total. The second-order valence-electron chi connectivity index (χ2n) is 7.46. The fourth-order valence-corrected chi connectivity index (χ4v) is 2.91. The van der Waals surface area contributed by atoms with Gasteiger partial charge in [0, 0.05) is 11.1 Å². The summed E-state index contributed by atoms with van der Waals surface area (Å²) in [5, 5.41) is 9.58. The molecule has 1 unspecified atom stereocenters. The minimum Gasteiger partial charge on any atom is -0.478 e. The van der Waals surface area contributed by atoms with Crippen molar-refractivity contribution in [2.45, 2.75) is 45.4 Å². The molecule has 0 saturated heterocycles. The van der Waals surface area contributed by atoms with E-state index < -0.39 is 11.4 Å². The van der Waals surface area contributed by atoms with Crippen LogP contribution in [-0.4, -0.2) is 11.1 Å². The van der Waals surface area contributed by atoms with E-state index >= 15 is 0 Å². The quantitative estimate of drug-likeness (QED) is 0.798. The van der Waals surface area contributed by atoms with Crippen LogP contribution in [0.4, 0.5) is 0 Å². The van der Waals surface area contributed by atoms with E-state index in [0.717, 1.165) is 16.7 Å². The molecule has 0 bridgehead atoms. The van der Waals surface area contributed by atoms with Gasteiger partial charge in [0.05, 0.1) is 12.5 Å². The number of aryl methyl sites for hydroxylation is 1. The van der Waals surface area contributed by atoms with E-state index in [0.29, 0.717) is 5.56 Å². The molecule has 0 fully saturated rings. The van der Waals surface area contributed by atoms with Crippen LogP contribution in [0.1, 0.15) is 60.3 Å². The molecule has 2 aromatic rings. The van der Waals surface area contributed by atoms with E-state index in [4.69, 9.17) is 0 Å². The highest BCUT2D eigenvalue weighted by molar-refractivity contribution is 5.92. The zero-order valence-electron chi connectivity index (χ0n) is 14.6. The average molecular weight is 309 g/mol. The van der Waals surface area contributed by atoms with Crippen molar-refractivity contribution in [1.29, 1.82) is 0 Å². The third-order valence-corrected chi connectivity index (χ3v) is 4.47. The van der Waals surface area contributed by atoms with Crippen molar-refractivity contribution in [3.63, 3.8) is 0 Å². The minimum absolute atomic E-state index is 0.0889. The number of carboxylic acids is 1. The number of carbonyl (C=O) groups is 1. The van der Waals surface area contributed by atoms with E-state index in [-0.39, 0.29) is 5.41 Å². The Balaban J connectivity index is 2.55. The molecule has 0 heterocycles. The van der Waals surface area contributed by atoms with Crippen molar-refractivity contribution < 1.29 is 9.90 Å². The summed E-state index contributed by atoms with van der Waals surface area (Å²) in [5.74, 6) is -0.903. The average Bonchev–Trinajstić information content (AvgIpc) is 2.45. The first-order valence-electron chi connectivity index (χ1n) is 7.85. The van der Waals surface area contributed by atoms with E-state index in [1.165, 1.54) is 5.56 Å². The highest BCUT2D eigenvalue weighted by Gasteiger charge is 2.35. The van der Waals surface area contributed by atoms with Gasteiger partial charge in [0.15, 0.2) is 5.41 Å². The molecule has 0 aromatic heterocycles. The Morgan fingerprint density at radius 3 is 1.96 bits per heavy atom. The molecule has 0 amide bonds. The highest BCUT2D eigenvalue weighted by atomic mass is 16.4. The van der Waals surface area contributed by atoms with Gasteiger partial charge in [0.1, 0.15) is 0 Å². The zero-order valence-corrected chi connectivity index (χ0v) is 14.6. The molecular formula is C21H25O2+. The van der Waals surface area contributed by atoms with Crippen molar-refractivity contribution in [2.24, 2.45) is 0 Å². The van der Waals surface area contributed by atoms with Crippen molar-refractivity contribution >= 4 is 5.97 Å². The first-order valence-corrected chi connectivity index (χ1v) is 7.85. The van der Waals surface area contributed by atoms with E-state index in [1.54, 1.807) is 0 Å². The van der Waals surface area contributed by atoms with Gasteiger partial charge in [-0.2, -0.15) is 0 Å². The summed E-state index contributed by atoms with van der Waals surface area (Å²) >= 11 is 0. The first-order chi connectivity index (χ1) is 10.5. The van der Waals surface area contributed by atoms with Crippen LogP contribution in [0.5, 0.6) is 0 Å². The number of hydrogen-bond acceptors (Lipinski definition) is 1. The van der Waals surface area contributed by atoms with Gasteiger partial charge >= 0.3 is 5.97 Å². The molecule has 2 rings (SSSR count). The summed E-state index contributed by atoms with van der Waals surface area (Å²) in [7, 11) is 0. The Hall–Kier alpha value is -2.22. The molecule has 0 aliphatic rings. The van der Waals surface area contributed by atoms with Gasteiger partial charge < -0.3 is 5.11 Å². The first kappa shape index (κ1) is 17.1. The maximum absolute atomic E-state index is 11.7. The molecule has 0 saturated carbocycles. The summed E-state index contributed by atoms with van der Waals surface area (Å²) in [4.78, 5) is 11.7. The number of hydrogen-bond donors (Lipinski definition) is 1. The molecule has 120 valence electrons. The van der Waals surface area contributed by atoms with Gasteiger partial charge in [-0.15, -0.1) is 0 Å². The molecule has 0 spiro atoms. The van der Waals surface area contributed by atoms with Crippen LogP contribution in [0.2, 0.25) is 0 Å². The Kier molecular flexibility index (Phi) is 4.30. The predicted octanol–water partition coefficient (Wildman–Crippen LogP) is 5.13.